The lowest BCUT2D eigenvalue weighted by molar-refractivity contribution is -0.152. The predicted octanol–water partition coefficient (Wildman–Crippen LogP) is 9.83. The molecule has 18 atom stereocenters. The largest absolute Gasteiger partial charge is 0.381 e. The topological polar surface area (TPSA) is 221 Å². The maximum atomic E-state index is 7.14. The first-order chi connectivity index (χ1) is 38.3. The Balaban J connectivity index is 0.874. The van der Waals surface area contributed by atoms with Crippen LogP contribution in [0.5, 0.6) is 0 Å². The number of hydrogen-bond donors (Lipinski definition) is 6. The SMILES string of the molecule is CC(CCCOCCCC(C)C1CCC2[C]3C(OCCCN)C[C]4CC(OCCCN)CCC4(C)C3CC(OCCCN)C21C)C1CC[C]2C3[C](CC(OCCCN)C21C)C1(C)CCC(OCCCN)CC1CC3OCCCN. The summed E-state index contributed by atoms with van der Waals surface area (Å²) in [4.78, 5) is 0. The summed E-state index contributed by atoms with van der Waals surface area (Å²) in [5, 5.41) is 0. The summed E-state index contributed by atoms with van der Waals surface area (Å²) in [6.07, 6.45) is 27.1. The molecule has 8 fully saturated rings. The standard InChI is InChI=1S/C66H120N6O7/c1-45(51-17-19-53-61-55(43-59(65(51,53)5)78-37-13-29-71)63(3)23-21-49(74-33-9-25-67)39-47(63)41-57(61)76-35-11-27-69)15-7-31-73-32-8-16-46(2)52-18-20-54-62-56(44-60(66(52,54)6)79-38-14-30-72)64(4)24-22-50(75-34-10-26-68)40-48(64)42-58(62)77-36-12-28-70/h45-47,49-52,54,56-61H,7-44,67-72H2,1-6H3. The van der Waals surface area contributed by atoms with Crippen molar-refractivity contribution in [2.24, 2.45) is 103 Å². The highest BCUT2D eigenvalue weighted by atomic mass is 16.5. The average Bonchev–Trinajstić information content (AvgIpc) is 3.58. The second-order valence-electron chi connectivity index (χ2n) is 27.8. The van der Waals surface area contributed by atoms with E-state index in [1.54, 1.807) is 23.7 Å². The first-order valence-corrected chi connectivity index (χ1v) is 33.2. The minimum atomic E-state index is -0.00346. The number of rotatable bonds is 34. The van der Waals surface area contributed by atoms with Gasteiger partial charge in [-0.2, -0.15) is 0 Å². The summed E-state index contributed by atoms with van der Waals surface area (Å²) in [5.74, 6) is 11.0. The molecule has 8 aliphatic carbocycles. The van der Waals surface area contributed by atoms with Crippen LogP contribution in [0.25, 0.3) is 0 Å². The molecule has 0 aromatic carbocycles. The highest BCUT2D eigenvalue weighted by Gasteiger charge is 2.69. The molecular weight excluding hydrogens is 989 g/mol. The zero-order chi connectivity index (χ0) is 56.2. The minimum Gasteiger partial charge on any atom is -0.381 e. The Morgan fingerprint density at radius 2 is 1.04 bits per heavy atom. The Labute approximate surface area is 482 Å². The molecule has 13 heteroatoms. The fourth-order valence-electron chi connectivity index (χ4n) is 19.2. The van der Waals surface area contributed by atoms with Crippen LogP contribution in [0.3, 0.4) is 0 Å². The maximum absolute atomic E-state index is 7.14. The summed E-state index contributed by atoms with van der Waals surface area (Å²) in [5.41, 5.74) is 36.4. The molecule has 0 aliphatic heterocycles. The molecule has 0 aromatic heterocycles. The van der Waals surface area contributed by atoms with E-state index in [-0.39, 0.29) is 52.2 Å². The molecule has 8 saturated carbocycles. The van der Waals surface area contributed by atoms with Gasteiger partial charge in [0, 0.05) is 69.6 Å². The van der Waals surface area contributed by atoms with Gasteiger partial charge in [-0.15, -0.1) is 0 Å². The first kappa shape index (κ1) is 64.5. The number of hydrogen-bond acceptors (Lipinski definition) is 13. The van der Waals surface area contributed by atoms with E-state index in [2.05, 4.69) is 41.5 Å². The monoisotopic (exact) mass is 1110 g/mol. The molecule has 456 valence electrons. The van der Waals surface area contributed by atoms with E-state index in [9.17, 15) is 0 Å². The zero-order valence-electron chi connectivity index (χ0n) is 51.3. The third-order valence-electron chi connectivity index (χ3n) is 23.5. The molecule has 0 bridgehead atoms. The fourth-order valence-corrected chi connectivity index (χ4v) is 19.2. The van der Waals surface area contributed by atoms with Crippen LogP contribution < -0.4 is 34.4 Å². The van der Waals surface area contributed by atoms with Gasteiger partial charge in [-0.05, 0) is 269 Å². The van der Waals surface area contributed by atoms with Gasteiger partial charge >= 0.3 is 0 Å². The van der Waals surface area contributed by atoms with Crippen LogP contribution in [-0.4, -0.2) is 129 Å². The summed E-state index contributed by atoms with van der Waals surface area (Å²) in [6.45, 7) is 25.6. The summed E-state index contributed by atoms with van der Waals surface area (Å²) < 4.78 is 47.7. The van der Waals surface area contributed by atoms with Crippen LogP contribution >= 0.6 is 0 Å². The molecule has 0 spiro atoms. The van der Waals surface area contributed by atoms with E-state index in [1.807, 2.05) is 0 Å². The van der Waals surface area contributed by atoms with Crippen molar-refractivity contribution in [3.63, 3.8) is 0 Å². The summed E-state index contributed by atoms with van der Waals surface area (Å²) >= 11 is 0. The van der Waals surface area contributed by atoms with Gasteiger partial charge in [-0.25, -0.2) is 0 Å². The van der Waals surface area contributed by atoms with Gasteiger partial charge in [0.15, 0.2) is 0 Å². The number of fused-ring (bicyclic) bond motifs is 10. The smallest absolute Gasteiger partial charge is 0.0649 e. The van der Waals surface area contributed by atoms with Crippen molar-refractivity contribution < 1.29 is 33.2 Å². The highest BCUT2D eigenvalue weighted by Crippen LogP contribution is 2.73. The first-order valence-electron chi connectivity index (χ1n) is 33.2. The van der Waals surface area contributed by atoms with Crippen LogP contribution in [0.2, 0.25) is 0 Å². The van der Waals surface area contributed by atoms with Gasteiger partial charge in [-0.1, -0.05) is 41.5 Å². The number of ether oxygens (including phenoxy) is 7. The average molecular weight is 1110 g/mol. The second kappa shape index (κ2) is 30.2. The summed E-state index contributed by atoms with van der Waals surface area (Å²) in [6, 6.07) is 0. The van der Waals surface area contributed by atoms with Crippen molar-refractivity contribution in [1.29, 1.82) is 0 Å². The molecule has 0 aromatic rings. The predicted molar refractivity (Wildman–Crippen MR) is 319 cm³/mol. The van der Waals surface area contributed by atoms with Crippen molar-refractivity contribution >= 4 is 0 Å². The molecule has 13 nitrogen and oxygen atoms in total. The molecule has 18 unspecified atom stereocenters. The van der Waals surface area contributed by atoms with Crippen molar-refractivity contribution in [2.45, 2.75) is 232 Å². The Hall–Kier alpha value is -0.520. The molecule has 8 aliphatic rings. The molecule has 79 heavy (non-hydrogen) atoms. The summed E-state index contributed by atoms with van der Waals surface area (Å²) in [7, 11) is 0. The zero-order valence-corrected chi connectivity index (χ0v) is 51.3. The normalized spacial score (nSPS) is 39.6. The number of nitrogens with two attached hydrogens (primary N) is 6. The Morgan fingerprint density at radius 3 is 1.68 bits per heavy atom. The minimum absolute atomic E-state index is 0.00346. The van der Waals surface area contributed by atoms with Gasteiger partial charge in [0.25, 0.3) is 0 Å². The van der Waals surface area contributed by atoms with E-state index in [0.717, 1.165) is 156 Å². The van der Waals surface area contributed by atoms with Crippen LogP contribution in [0.15, 0.2) is 0 Å². The molecule has 0 heterocycles. The Bertz CT molecular complexity index is 1650. The quantitative estimate of drug-likeness (QED) is 0.0331. The maximum Gasteiger partial charge on any atom is 0.0649 e. The van der Waals surface area contributed by atoms with E-state index >= 15 is 0 Å². The molecule has 12 N–H and O–H groups in total. The molecule has 4 radical (unpaired) electrons. The van der Waals surface area contributed by atoms with Crippen molar-refractivity contribution in [1.82, 2.24) is 0 Å². The Morgan fingerprint density at radius 1 is 0.481 bits per heavy atom. The van der Waals surface area contributed by atoms with Gasteiger partial charge in [-0.3, -0.25) is 0 Å². The molecule has 0 amide bonds. The highest BCUT2D eigenvalue weighted by molar-refractivity contribution is 5.37. The van der Waals surface area contributed by atoms with Gasteiger partial charge in [0.05, 0.1) is 36.6 Å². The van der Waals surface area contributed by atoms with Crippen molar-refractivity contribution in [2.75, 3.05) is 92.1 Å². The van der Waals surface area contributed by atoms with Crippen LogP contribution in [0.1, 0.15) is 196 Å². The van der Waals surface area contributed by atoms with Crippen LogP contribution in [0, 0.1) is 92.7 Å². The second-order valence-corrected chi connectivity index (χ2v) is 27.8. The van der Waals surface area contributed by atoms with Gasteiger partial charge < -0.3 is 67.6 Å². The Kier molecular flexibility index (Phi) is 24.7. The van der Waals surface area contributed by atoms with E-state index < -0.39 is 0 Å². The van der Waals surface area contributed by atoms with Crippen LogP contribution in [-0.2, 0) is 33.2 Å². The molecule has 0 saturated heterocycles. The molecule has 8 rings (SSSR count). The lowest BCUT2D eigenvalue weighted by Gasteiger charge is -2.64. The third kappa shape index (κ3) is 14.0. The lowest BCUT2D eigenvalue weighted by atomic mass is 9.43. The van der Waals surface area contributed by atoms with E-state index in [0.29, 0.717) is 92.7 Å². The van der Waals surface area contributed by atoms with Crippen LogP contribution in [0.4, 0.5) is 0 Å². The van der Waals surface area contributed by atoms with Gasteiger partial charge in [0.2, 0.25) is 0 Å². The molecular formula is C66H120N6O7. The van der Waals surface area contributed by atoms with Crippen molar-refractivity contribution in [3.05, 3.63) is 23.7 Å². The third-order valence-corrected chi connectivity index (χ3v) is 23.5. The lowest BCUT2D eigenvalue weighted by Crippen LogP contribution is -2.62. The van der Waals surface area contributed by atoms with Crippen molar-refractivity contribution in [3.8, 4) is 0 Å². The van der Waals surface area contributed by atoms with E-state index in [1.165, 1.54) is 51.4 Å². The van der Waals surface area contributed by atoms with Gasteiger partial charge in [0.1, 0.15) is 0 Å². The fraction of sp³-hybridized carbons (Fsp3) is 0.939. The van der Waals surface area contributed by atoms with E-state index in [4.69, 9.17) is 67.6 Å².